The van der Waals surface area contributed by atoms with Crippen LogP contribution in [-0.4, -0.2) is 56.7 Å². The van der Waals surface area contributed by atoms with Crippen LogP contribution in [0.4, 0.5) is 14.5 Å². The molecule has 1 saturated heterocycles. The van der Waals surface area contributed by atoms with E-state index < -0.39 is 34.6 Å². The Morgan fingerprint density at radius 1 is 1.18 bits per heavy atom. The fourth-order valence-corrected chi connectivity index (χ4v) is 7.75. The molecule has 1 aliphatic heterocycles. The lowest BCUT2D eigenvalue weighted by molar-refractivity contribution is -0.128. The lowest BCUT2D eigenvalue weighted by Gasteiger charge is -2.32. The quantitative estimate of drug-likeness (QED) is 0.412. The van der Waals surface area contributed by atoms with Crippen molar-refractivity contribution in [3.8, 4) is 27.2 Å². The summed E-state index contributed by atoms with van der Waals surface area (Å²) < 4.78 is 40.0. The van der Waals surface area contributed by atoms with Gasteiger partial charge in [-0.1, -0.05) is 23.3 Å². The Bertz CT molecular complexity index is 1410. The van der Waals surface area contributed by atoms with E-state index in [4.69, 9.17) is 4.98 Å². The molecular formula is C29H29F2N5O2S2. The summed E-state index contributed by atoms with van der Waals surface area (Å²) in [7, 11) is 0. The number of anilines is 1. The highest BCUT2D eigenvalue weighted by Crippen LogP contribution is 2.47. The molecule has 2 saturated carbocycles. The van der Waals surface area contributed by atoms with Gasteiger partial charge < -0.3 is 14.8 Å². The molecule has 1 aromatic carbocycles. The second kappa shape index (κ2) is 11.1. The Morgan fingerprint density at radius 3 is 2.58 bits per heavy atom. The van der Waals surface area contributed by atoms with Crippen molar-refractivity contribution in [1.29, 1.82) is 5.26 Å². The number of benzene rings is 1. The number of aromatic nitrogens is 2. The number of halogens is 2. The topological polar surface area (TPSA) is 105 Å². The van der Waals surface area contributed by atoms with E-state index in [2.05, 4.69) is 21.3 Å². The molecule has 3 aromatic rings. The predicted octanol–water partition coefficient (Wildman–Crippen LogP) is 4.97. The molecule has 7 nitrogen and oxygen atoms in total. The first-order valence-corrected chi connectivity index (χ1v) is 15.8. The normalized spacial score (nSPS) is 24.4. The second-order valence-electron chi connectivity index (χ2n) is 10.8. The Morgan fingerprint density at radius 2 is 1.93 bits per heavy atom. The summed E-state index contributed by atoms with van der Waals surface area (Å²) in [6, 6.07) is 13.2. The minimum Gasteiger partial charge on any atom is -0.616 e. The summed E-state index contributed by atoms with van der Waals surface area (Å²) in [5, 5.41) is 13.0. The summed E-state index contributed by atoms with van der Waals surface area (Å²) in [4.78, 5) is 25.7. The van der Waals surface area contributed by atoms with Crippen LogP contribution in [-0.2, 0) is 16.0 Å². The largest absolute Gasteiger partial charge is 0.616 e. The van der Waals surface area contributed by atoms with Gasteiger partial charge in [0.25, 0.3) is 0 Å². The van der Waals surface area contributed by atoms with E-state index in [1.54, 1.807) is 6.07 Å². The number of hydrogen-bond donors (Lipinski definition) is 1. The first kappa shape index (κ1) is 27.1. The monoisotopic (exact) mass is 581 g/mol. The van der Waals surface area contributed by atoms with Gasteiger partial charge in [-0.2, -0.15) is 5.26 Å². The van der Waals surface area contributed by atoms with Crippen LogP contribution in [0.15, 0.2) is 42.6 Å². The number of carbonyl (C=O) groups excluding carboxylic acids is 1. The van der Waals surface area contributed by atoms with Gasteiger partial charge in [-0.25, -0.2) is 13.8 Å². The SMILES string of the molecule is N#CC1(NC(=O)C2C[C@@H](F)CC[C@H]2c2nc(-c3ccc(F)cn3)sc2-c2ccc(N3CC[S+]([O-])CC3)cc2)CC1. The third-order valence-electron chi connectivity index (χ3n) is 8.07. The lowest BCUT2D eigenvalue weighted by atomic mass is 9.75. The highest BCUT2D eigenvalue weighted by atomic mass is 32.2. The molecule has 1 N–H and O–H groups in total. The average Bonchev–Trinajstić information content (AvgIpc) is 3.61. The van der Waals surface area contributed by atoms with Crippen molar-refractivity contribution in [2.45, 2.75) is 49.7 Å². The summed E-state index contributed by atoms with van der Waals surface area (Å²) in [6.45, 7) is 1.48. The van der Waals surface area contributed by atoms with Crippen LogP contribution in [0.3, 0.4) is 0 Å². The van der Waals surface area contributed by atoms with Crippen molar-refractivity contribution in [2.75, 3.05) is 29.5 Å². The van der Waals surface area contributed by atoms with Gasteiger partial charge in [-0.15, -0.1) is 11.3 Å². The minimum absolute atomic E-state index is 0.0778. The zero-order valence-electron chi connectivity index (χ0n) is 21.8. The summed E-state index contributed by atoms with van der Waals surface area (Å²) in [5.74, 6) is -0.422. The van der Waals surface area contributed by atoms with Crippen molar-refractivity contribution in [1.82, 2.24) is 15.3 Å². The van der Waals surface area contributed by atoms with E-state index in [-0.39, 0.29) is 18.2 Å². The van der Waals surface area contributed by atoms with Crippen LogP contribution in [0, 0.1) is 23.1 Å². The molecule has 40 heavy (non-hydrogen) atoms. The standard InChI is InChI=1S/C29H29F2N5O2S2/c30-19-3-7-22(23(15-19)27(37)35-29(17-32)9-10-29)25-26(39-28(34-25)24-8-4-20(31)16-33-24)18-1-5-21(6-2-18)36-11-13-40(38)14-12-36/h1-2,4-6,8,16,19,22-23H,3,7,9-15H2,(H,35,37)/t19-,22+,23?/m0/s1. The number of nitriles is 1. The minimum atomic E-state index is -1.09. The van der Waals surface area contributed by atoms with Gasteiger partial charge in [0.05, 0.1) is 41.6 Å². The van der Waals surface area contributed by atoms with Gasteiger partial charge in [0.2, 0.25) is 5.91 Å². The highest BCUT2D eigenvalue weighted by Gasteiger charge is 2.48. The summed E-state index contributed by atoms with van der Waals surface area (Å²) in [6.07, 6.45) is 2.12. The van der Waals surface area contributed by atoms with Crippen LogP contribution >= 0.6 is 11.3 Å². The lowest BCUT2D eigenvalue weighted by Crippen LogP contribution is -2.44. The van der Waals surface area contributed by atoms with Crippen LogP contribution in [0.25, 0.3) is 21.1 Å². The number of pyridine rings is 1. The molecule has 1 unspecified atom stereocenters. The summed E-state index contributed by atoms with van der Waals surface area (Å²) in [5.41, 5.74) is 2.37. The molecule has 208 valence electrons. The molecule has 2 aliphatic carbocycles. The molecule has 2 aromatic heterocycles. The fourth-order valence-electron chi connectivity index (χ4n) is 5.58. The van der Waals surface area contributed by atoms with Crippen molar-refractivity contribution >= 4 is 34.1 Å². The molecule has 3 atom stereocenters. The van der Waals surface area contributed by atoms with Crippen molar-refractivity contribution < 1.29 is 18.1 Å². The van der Waals surface area contributed by atoms with E-state index in [0.29, 0.717) is 53.6 Å². The van der Waals surface area contributed by atoms with Gasteiger partial charge in [-0.3, -0.25) is 9.78 Å². The first-order valence-electron chi connectivity index (χ1n) is 13.5. The van der Waals surface area contributed by atoms with Crippen molar-refractivity contribution in [3.05, 3.63) is 54.1 Å². The molecular weight excluding hydrogens is 552 g/mol. The van der Waals surface area contributed by atoms with Crippen molar-refractivity contribution in [3.63, 3.8) is 0 Å². The molecule has 3 heterocycles. The zero-order chi connectivity index (χ0) is 27.9. The number of carbonyl (C=O) groups is 1. The summed E-state index contributed by atoms with van der Waals surface area (Å²) >= 11 is 0.664. The number of alkyl halides is 1. The fraction of sp³-hybridized carbons (Fsp3) is 0.448. The van der Waals surface area contributed by atoms with Gasteiger partial charge in [0.1, 0.15) is 34.0 Å². The average molecular weight is 582 g/mol. The van der Waals surface area contributed by atoms with Crippen molar-refractivity contribution in [2.24, 2.45) is 5.92 Å². The van der Waals surface area contributed by atoms with E-state index >= 15 is 0 Å². The van der Waals surface area contributed by atoms with E-state index in [0.717, 1.165) is 35.4 Å². The Balaban J connectivity index is 1.36. The maximum Gasteiger partial charge on any atom is 0.225 e. The number of hydrogen-bond acceptors (Lipinski definition) is 7. The molecule has 1 amide bonds. The number of rotatable bonds is 6. The number of thiazole rings is 1. The number of amides is 1. The molecule has 0 spiro atoms. The van der Waals surface area contributed by atoms with Gasteiger partial charge >= 0.3 is 0 Å². The van der Waals surface area contributed by atoms with Crippen LogP contribution in [0.1, 0.15) is 43.7 Å². The van der Waals surface area contributed by atoms with Gasteiger partial charge in [0.15, 0.2) is 0 Å². The molecule has 3 aliphatic rings. The third kappa shape index (κ3) is 5.57. The Labute approximate surface area is 238 Å². The maximum absolute atomic E-state index is 14.7. The molecule has 6 rings (SSSR count). The first-order chi connectivity index (χ1) is 19.3. The van der Waals surface area contributed by atoms with E-state index in [1.165, 1.54) is 17.4 Å². The number of nitrogens with zero attached hydrogens (tertiary/aromatic N) is 4. The van der Waals surface area contributed by atoms with E-state index in [9.17, 15) is 23.4 Å². The molecule has 11 heteroatoms. The van der Waals surface area contributed by atoms with Crippen LogP contribution < -0.4 is 10.2 Å². The highest BCUT2D eigenvalue weighted by molar-refractivity contribution is 7.91. The molecule has 0 bridgehead atoms. The molecule has 0 radical (unpaired) electrons. The number of nitrogens with one attached hydrogen (secondary N) is 1. The Kier molecular flexibility index (Phi) is 7.50. The smallest absolute Gasteiger partial charge is 0.225 e. The van der Waals surface area contributed by atoms with Gasteiger partial charge in [0, 0.05) is 17.5 Å². The Hall–Kier alpha value is -3.07. The third-order valence-corrected chi connectivity index (χ3v) is 10.5. The van der Waals surface area contributed by atoms with E-state index in [1.807, 2.05) is 24.3 Å². The zero-order valence-corrected chi connectivity index (χ0v) is 23.4. The van der Waals surface area contributed by atoms with Crippen LogP contribution in [0.5, 0.6) is 0 Å². The maximum atomic E-state index is 14.7. The second-order valence-corrected chi connectivity index (χ2v) is 13.5. The van der Waals surface area contributed by atoms with Crippen LogP contribution in [0.2, 0.25) is 0 Å². The van der Waals surface area contributed by atoms with Gasteiger partial charge in [-0.05, 0) is 61.9 Å². The predicted molar refractivity (Wildman–Crippen MR) is 152 cm³/mol. The molecule has 3 fully saturated rings.